The summed E-state index contributed by atoms with van der Waals surface area (Å²) in [6, 6.07) is 8.12. The molecule has 3 nitrogen and oxygen atoms in total. The Morgan fingerprint density at radius 2 is 1.91 bits per heavy atom. The summed E-state index contributed by atoms with van der Waals surface area (Å²) in [6.07, 6.45) is -0.468. The summed E-state index contributed by atoms with van der Waals surface area (Å²) in [5, 5.41) is 20.5. The number of thioether (sulfide) groups is 1. The summed E-state index contributed by atoms with van der Waals surface area (Å²) in [5.74, 6) is 3.00. The first kappa shape index (κ1) is 17.6. The zero-order valence-electron chi connectivity index (χ0n) is 13.6. The molecule has 0 aromatic heterocycles. The highest BCUT2D eigenvalue weighted by atomic mass is 32.2. The van der Waals surface area contributed by atoms with E-state index < -0.39 is 20.0 Å². The zero-order chi connectivity index (χ0) is 16.4. The topological polar surface area (TPSA) is 49.7 Å². The molecule has 1 aliphatic heterocycles. The van der Waals surface area contributed by atoms with E-state index in [-0.39, 0.29) is 11.9 Å². The summed E-state index contributed by atoms with van der Waals surface area (Å²) < 4.78 is 5.36. The fourth-order valence-electron chi connectivity index (χ4n) is 2.11. The number of hydrogen-bond acceptors (Lipinski definition) is 4. The minimum absolute atomic E-state index is 0.0661. The van der Waals surface area contributed by atoms with Gasteiger partial charge in [0.25, 0.3) is 0 Å². The lowest BCUT2D eigenvalue weighted by Crippen LogP contribution is -2.47. The summed E-state index contributed by atoms with van der Waals surface area (Å²) in [4.78, 5) is 1.06. The van der Waals surface area contributed by atoms with Crippen molar-refractivity contribution in [2.24, 2.45) is 0 Å². The lowest BCUT2D eigenvalue weighted by molar-refractivity contribution is -0.169. The van der Waals surface area contributed by atoms with Crippen molar-refractivity contribution in [2.45, 2.75) is 55.0 Å². The van der Waals surface area contributed by atoms with Crippen LogP contribution in [0.15, 0.2) is 29.2 Å². The molecule has 1 unspecified atom stereocenters. The van der Waals surface area contributed by atoms with Gasteiger partial charge in [0.05, 0.1) is 11.9 Å². The van der Waals surface area contributed by atoms with Crippen LogP contribution in [-0.4, -0.2) is 42.0 Å². The number of aliphatic hydroxyl groups excluding tert-OH is 1. The van der Waals surface area contributed by atoms with E-state index in [9.17, 15) is 10.2 Å². The second-order valence-electron chi connectivity index (χ2n) is 6.91. The number of benzene rings is 1. The van der Waals surface area contributed by atoms with Gasteiger partial charge in [-0.1, -0.05) is 43.3 Å². The van der Waals surface area contributed by atoms with Crippen molar-refractivity contribution >= 4 is 19.8 Å². The van der Waals surface area contributed by atoms with E-state index in [2.05, 4.69) is 31.1 Å². The summed E-state index contributed by atoms with van der Waals surface area (Å²) in [6.45, 7) is 8.52. The maximum Gasteiger partial charge on any atom is 0.167 e. The lowest BCUT2D eigenvalue weighted by Gasteiger charge is -2.36. The van der Waals surface area contributed by atoms with Crippen molar-refractivity contribution in [3.63, 3.8) is 0 Å². The van der Waals surface area contributed by atoms with Crippen molar-refractivity contribution in [2.75, 3.05) is 6.61 Å². The Bertz CT molecular complexity index is 570. The maximum absolute atomic E-state index is 10.6. The van der Waals surface area contributed by atoms with E-state index in [4.69, 9.17) is 4.74 Å². The Morgan fingerprint density at radius 1 is 1.27 bits per heavy atom. The average Bonchev–Trinajstić information content (AvgIpc) is 2.43. The highest BCUT2D eigenvalue weighted by molar-refractivity contribution is 8.00. The Hall–Kier alpha value is -0.773. The van der Waals surface area contributed by atoms with Gasteiger partial charge < -0.3 is 14.9 Å². The van der Waals surface area contributed by atoms with Crippen molar-refractivity contribution in [3.05, 3.63) is 29.8 Å². The van der Waals surface area contributed by atoms with Gasteiger partial charge in [0, 0.05) is 11.3 Å². The molecule has 0 radical (unpaired) electrons. The molecular weight excluding hydrogens is 312 g/mol. The van der Waals surface area contributed by atoms with Crippen LogP contribution in [-0.2, 0) is 4.74 Å². The fourth-order valence-corrected chi connectivity index (χ4v) is 3.91. The first-order valence-electron chi connectivity index (χ1n) is 7.47. The van der Waals surface area contributed by atoms with E-state index in [0.717, 1.165) is 4.90 Å². The van der Waals surface area contributed by atoms with Crippen LogP contribution in [0.4, 0.5) is 0 Å². The largest absolute Gasteiger partial charge is 0.375 e. The predicted molar refractivity (Wildman–Crippen MR) is 93.5 cm³/mol. The van der Waals surface area contributed by atoms with Crippen LogP contribution < -0.4 is 0 Å². The normalized spacial score (nSPS) is 28.8. The third kappa shape index (κ3) is 5.15. The standard InChI is InChI=1S/C17H24O3SSi/c1-13-5-7-14(8-6-13)21-15-11-17(19,12-20-16(15)18)9-10-22(2,3)4/h5-8,15-16,18-19H,11-12H2,1-4H3/t15-,16?,17+/m1/s1. The number of rotatable bonds is 2. The molecule has 0 amide bonds. The van der Waals surface area contributed by atoms with E-state index in [1.54, 1.807) is 0 Å². The third-order valence-corrected chi connectivity index (χ3v) is 5.45. The van der Waals surface area contributed by atoms with Crippen LogP contribution in [0.5, 0.6) is 0 Å². The second kappa shape index (κ2) is 6.77. The highest BCUT2D eigenvalue weighted by Gasteiger charge is 2.39. The molecule has 120 valence electrons. The third-order valence-electron chi connectivity index (χ3n) is 3.33. The number of ether oxygens (including phenoxy) is 1. The van der Waals surface area contributed by atoms with Crippen LogP contribution in [0, 0.1) is 18.4 Å². The summed E-state index contributed by atoms with van der Waals surface area (Å²) in [5.41, 5.74) is 3.24. The monoisotopic (exact) mass is 336 g/mol. The van der Waals surface area contributed by atoms with Crippen molar-refractivity contribution < 1.29 is 14.9 Å². The van der Waals surface area contributed by atoms with Crippen molar-refractivity contribution in [1.82, 2.24) is 0 Å². The van der Waals surface area contributed by atoms with Gasteiger partial charge in [-0.2, -0.15) is 0 Å². The molecule has 2 N–H and O–H groups in total. The van der Waals surface area contributed by atoms with Gasteiger partial charge in [0.2, 0.25) is 0 Å². The molecule has 0 spiro atoms. The molecule has 1 heterocycles. The number of aliphatic hydroxyl groups is 2. The Morgan fingerprint density at radius 3 is 2.50 bits per heavy atom. The average molecular weight is 337 g/mol. The van der Waals surface area contributed by atoms with Gasteiger partial charge >= 0.3 is 0 Å². The first-order valence-corrected chi connectivity index (χ1v) is 11.8. The molecule has 3 atom stereocenters. The minimum Gasteiger partial charge on any atom is -0.375 e. The maximum atomic E-state index is 10.6. The molecule has 2 rings (SSSR count). The molecular formula is C17H24O3SSi. The lowest BCUT2D eigenvalue weighted by atomic mass is 9.97. The molecule has 1 fully saturated rings. The van der Waals surface area contributed by atoms with Gasteiger partial charge in [0.15, 0.2) is 6.29 Å². The molecule has 1 aromatic carbocycles. The number of aryl methyl sites for hydroxylation is 1. The molecule has 0 aliphatic carbocycles. The first-order chi connectivity index (χ1) is 10.2. The zero-order valence-corrected chi connectivity index (χ0v) is 15.4. The quantitative estimate of drug-likeness (QED) is 0.644. The van der Waals surface area contributed by atoms with Crippen LogP contribution in [0.3, 0.4) is 0 Å². The van der Waals surface area contributed by atoms with E-state index in [0.29, 0.717) is 6.42 Å². The molecule has 22 heavy (non-hydrogen) atoms. The van der Waals surface area contributed by atoms with Gasteiger partial charge in [-0.3, -0.25) is 0 Å². The van der Waals surface area contributed by atoms with Crippen LogP contribution in [0.1, 0.15) is 12.0 Å². The highest BCUT2D eigenvalue weighted by Crippen LogP contribution is 2.35. The number of hydrogen-bond donors (Lipinski definition) is 2. The Kier molecular flexibility index (Phi) is 5.41. The SMILES string of the molecule is Cc1ccc(S[C@@H]2C[C@@](O)(C#C[Si](C)(C)C)COC2O)cc1. The van der Waals surface area contributed by atoms with Gasteiger partial charge in [-0.05, 0) is 19.1 Å². The van der Waals surface area contributed by atoms with Crippen LogP contribution in [0.2, 0.25) is 19.6 Å². The van der Waals surface area contributed by atoms with Crippen LogP contribution in [0.25, 0.3) is 0 Å². The van der Waals surface area contributed by atoms with Gasteiger partial charge in [0.1, 0.15) is 13.7 Å². The van der Waals surface area contributed by atoms with Crippen molar-refractivity contribution in [3.8, 4) is 11.5 Å². The Balaban J connectivity index is 2.10. The predicted octanol–water partition coefficient (Wildman–Crippen LogP) is 2.81. The Labute approximate surface area is 138 Å². The smallest absolute Gasteiger partial charge is 0.167 e. The molecule has 1 aromatic rings. The van der Waals surface area contributed by atoms with Crippen molar-refractivity contribution in [1.29, 1.82) is 0 Å². The van der Waals surface area contributed by atoms with E-state index >= 15 is 0 Å². The minimum atomic E-state index is -1.55. The van der Waals surface area contributed by atoms with Gasteiger partial charge in [-0.25, -0.2) is 0 Å². The molecule has 1 saturated heterocycles. The molecule has 0 bridgehead atoms. The van der Waals surface area contributed by atoms with E-state index in [1.165, 1.54) is 17.3 Å². The second-order valence-corrected chi connectivity index (χ2v) is 13.0. The van der Waals surface area contributed by atoms with E-state index in [1.807, 2.05) is 31.2 Å². The summed E-state index contributed by atoms with van der Waals surface area (Å²) >= 11 is 1.53. The molecule has 1 aliphatic rings. The van der Waals surface area contributed by atoms with Crippen LogP contribution >= 0.6 is 11.8 Å². The summed E-state index contributed by atoms with van der Waals surface area (Å²) in [7, 11) is -1.55. The molecule has 0 saturated carbocycles. The van der Waals surface area contributed by atoms with Gasteiger partial charge in [-0.15, -0.1) is 17.3 Å². The molecule has 5 heteroatoms. The fraction of sp³-hybridized carbons (Fsp3) is 0.529.